The second-order valence-electron chi connectivity index (χ2n) is 10.6. The molecule has 0 bridgehead atoms. The average molecular weight is 763 g/mol. The highest BCUT2D eigenvalue weighted by Gasteiger charge is 2.86. The van der Waals surface area contributed by atoms with E-state index >= 15 is 8.78 Å². The van der Waals surface area contributed by atoms with Gasteiger partial charge in [-0.05, 0) is 64.9 Å². The zero-order chi connectivity index (χ0) is 36.3. The van der Waals surface area contributed by atoms with E-state index in [2.05, 4.69) is 9.97 Å². The van der Waals surface area contributed by atoms with E-state index in [0.717, 1.165) is 17.4 Å². The molecular formula is C32H19F9N2O4S3. The number of imidazole rings is 1. The van der Waals surface area contributed by atoms with Crippen molar-refractivity contribution < 1.29 is 51.6 Å². The third-order valence-electron chi connectivity index (χ3n) is 7.52. The van der Waals surface area contributed by atoms with Gasteiger partial charge in [0.1, 0.15) is 5.82 Å². The second-order valence-corrected chi connectivity index (χ2v) is 16.2. The molecule has 1 N–H and O–H groups in total. The maximum absolute atomic E-state index is 15.2. The molecule has 0 radical (unpaired) electrons. The molecule has 4 aromatic carbocycles. The Morgan fingerprint density at radius 1 is 0.660 bits per heavy atom. The first-order chi connectivity index (χ1) is 23.3. The molecule has 0 atom stereocenters. The average Bonchev–Trinajstić information content (AvgIpc) is 3.62. The SMILES string of the molecule is O=c1c2ccc(-c3ncc[nH]3)cc2sc2ccc(S(OS(=O)(=O)C(F)(F)C(F)(F)C(F)(F)C(F)(F)F)(c3ccccc3)c3ccccc3)cc12. The van der Waals surface area contributed by atoms with Crippen molar-refractivity contribution in [3.05, 3.63) is 120 Å². The molecule has 6 nitrogen and oxygen atoms in total. The number of hydrogen-bond acceptors (Lipinski definition) is 6. The fourth-order valence-electron chi connectivity index (χ4n) is 5.03. The Hall–Kier alpha value is -4.39. The first-order valence-electron chi connectivity index (χ1n) is 13.9. The maximum Gasteiger partial charge on any atom is 0.460 e. The number of H-pyrrole nitrogens is 1. The molecule has 0 spiro atoms. The zero-order valence-electron chi connectivity index (χ0n) is 24.6. The number of fused-ring (bicyclic) bond motifs is 2. The molecule has 0 unspecified atom stereocenters. The molecule has 50 heavy (non-hydrogen) atoms. The van der Waals surface area contributed by atoms with Crippen molar-refractivity contribution >= 4 is 51.9 Å². The number of aromatic amines is 1. The fraction of sp³-hybridized carbons (Fsp3) is 0.125. The molecule has 0 saturated carbocycles. The standard InChI is InChI=1S/C32H19F9N2O4S3/c33-29(34,31(37,38)39)30(35,36)32(40,41)50(45,46)47-49(20-7-3-1-4-8-20,21-9-5-2-6-10-21)22-12-14-25-24(18-22)27(44)23-13-11-19(17-26(23)48-25)28-42-15-16-43-28/h1-18H,(H,42,43). The van der Waals surface area contributed by atoms with E-state index in [9.17, 15) is 43.9 Å². The molecule has 0 aliphatic rings. The molecule has 6 aromatic rings. The summed E-state index contributed by atoms with van der Waals surface area (Å²) in [4.78, 5) is 20.1. The number of hydrogen-bond donors (Lipinski definition) is 1. The van der Waals surface area contributed by atoms with E-state index in [-0.39, 0.29) is 25.5 Å². The second kappa shape index (κ2) is 12.1. The van der Waals surface area contributed by atoms with Crippen LogP contribution in [-0.2, 0) is 13.7 Å². The highest BCUT2D eigenvalue weighted by molar-refractivity contribution is 8.33. The molecule has 0 amide bonds. The van der Waals surface area contributed by atoms with Crippen LogP contribution in [-0.4, -0.2) is 41.7 Å². The number of rotatable bonds is 9. The predicted octanol–water partition coefficient (Wildman–Crippen LogP) is 9.77. The van der Waals surface area contributed by atoms with Gasteiger partial charge in [-0.25, -0.2) is 8.61 Å². The predicted molar refractivity (Wildman–Crippen MR) is 169 cm³/mol. The number of alkyl halides is 9. The van der Waals surface area contributed by atoms with Crippen LogP contribution in [0, 0.1) is 0 Å². The summed E-state index contributed by atoms with van der Waals surface area (Å²) in [6, 6.07) is 21.1. The monoisotopic (exact) mass is 762 g/mol. The fourth-order valence-corrected chi connectivity index (χ4v) is 11.4. The summed E-state index contributed by atoms with van der Waals surface area (Å²) >= 11 is 1.11. The van der Waals surface area contributed by atoms with Crippen molar-refractivity contribution in [1.29, 1.82) is 0 Å². The lowest BCUT2D eigenvalue weighted by Gasteiger charge is -2.41. The summed E-state index contributed by atoms with van der Waals surface area (Å²) in [5.74, 6) is -14.5. The molecule has 2 aromatic heterocycles. The quantitative estimate of drug-likeness (QED) is 0.117. The molecule has 0 aliphatic heterocycles. The van der Waals surface area contributed by atoms with Crippen LogP contribution in [0.15, 0.2) is 129 Å². The number of aromatic nitrogens is 2. The van der Waals surface area contributed by atoms with Crippen molar-refractivity contribution in [3.63, 3.8) is 0 Å². The summed E-state index contributed by atoms with van der Waals surface area (Å²) in [5, 5.41) is -7.04. The molecule has 0 aliphatic carbocycles. The minimum absolute atomic E-state index is 0.0869. The van der Waals surface area contributed by atoms with E-state index in [1.54, 1.807) is 18.3 Å². The van der Waals surface area contributed by atoms with E-state index in [0.29, 0.717) is 20.8 Å². The lowest BCUT2D eigenvalue weighted by molar-refractivity contribution is -0.382. The van der Waals surface area contributed by atoms with E-state index in [1.165, 1.54) is 85.1 Å². The zero-order valence-corrected chi connectivity index (χ0v) is 27.0. The Morgan fingerprint density at radius 3 is 1.80 bits per heavy atom. The number of benzene rings is 4. The summed E-state index contributed by atoms with van der Waals surface area (Å²) in [7, 11) is -11.7. The van der Waals surface area contributed by atoms with Crippen molar-refractivity contribution in [2.24, 2.45) is 0 Å². The molecule has 18 heteroatoms. The summed E-state index contributed by atoms with van der Waals surface area (Å²) in [6.45, 7) is 0. The van der Waals surface area contributed by atoms with Crippen molar-refractivity contribution in [2.75, 3.05) is 0 Å². The molecular weight excluding hydrogens is 744 g/mol. The number of nitrogens with one attached hydrogen (secondary N) is 1. The summed E-state index contributed by atoms with van der Waals surface area (Å²) in [5.41, 5.74) is 0.0266. The minimum atomic E-state index is -7.53. The van der Waals surface area contributed by atoms with Crippen LogP contribution in [0.4, 0.5) is 39.5 Å². The highest BCUT2D eigenvalue weighted by Crippen LogP contribution is 2.71. The number of halogens is 9. The molecule has 2 heterocycles. The van der Waals surface area contributed by atoms with Crippen LogP contribution in [0.1, 0.15) is 0 Å². The van der Waals surface area contributed by atoms with Crippen LogP contribution in [0.25, 0.3) is 31.6 Å². The third-order valence-corrected chi connectivity index (χ3v) is 13.9. The van der Waals surface area contributed by atoms with Gasteiger partial charge in [-0.2, -0.15) is 47.9 Å². The molecule has 0 fully saturated rings. The third kappa shape index (κ3) is 5.44. The van der Waals surface area contributed by atoms with Gasteiger partial charge in [0.05, 0.1) is 0 Å². The van der Waals surface area contributed by atoms with Crippen LogP contribution in [0.3, 0.4) is 0 Å². The van der Waals surface area contributed by atoms with Crippen molar-refractivity contribution in [2.45, 2.75) is 38.0 Å². The first-order valence-corrected chi connectivity index (χ1v) is 17.7. The van der Waals surface area contributed by atoms with E-state index in [4.69, 9.17) is 3.63 Å². The molecule has 6 rings (SSSR count). The van der Waals surface area contributed by atoms with Gasteiger partial charge in [-0.15, -0.1) is 11.3 Å². The van der Waals surface area contributed by atoms with E-state index in [1.807, 2.05) is 0 Å². The molecule has 0 saturated heterocycles. The topological polar surface area (TPSA) is 89.1 Å². The first kappa shape index (κ1) is 35.4. The Morgan fingerprint density at radius 2 is 1.26 bits per heavy atom. The van der Waals surface area contributed by atoms with Crippen molar-refractivity contribution in [3.8, 4) is 11.4 Å². The van der Waals surface area contributed by atoms with Gasteiger partial charge in [0, 0.05) is 52.8 Å². The largest absolute Gasteiger partial charge is 0.460 e. The maximum atomic E-state index is 15.2. The Labute approximate surface area is 281 Å². The van der Waals surface area contributed by atoms with Crippen LogP contribution < -0.4 is 5.43 Å². The van der Waals surface area contributed by atoms with Gasteiger partial charge in [-0.1, -0.05) is 42.5 Å². The van der Waals surface area contributed by atoms with Gasteiger partial charge >= 0.3 is 33.4 Å². The molecule has 262 valence electrons. The summed E-state index contributed by atoms with van der Waals surface area (Å²) < 4.78 is 158. The van der Waals surface area contributed by atoms with Gasteiger partial charge < -0.3 is 4.98 Å². The lowest BCUT2D eigenvalue weighted by Crippen LogP contribution is -2.63. The van der Waals surface area contributed by atoms with Gasteiger partial charge in [-0.3, -0.25) is 4.79 Å². The van der Waals surface area contributed by atoms with Gasteiger partial charge in [0.2, 0.25) is 0 Å². The van der Waals surface area contributed by atoms with Gasteiger partial charge in [0.15, 0.2) is 5.43 Å². The summed E-state index contributed by atoms with van der Waals surface area (Å²) in [6.07, 6.45) is -4.15. The van der Waals surface area contributed by atoms with E-state index < -0.39 is 49.1 Å². The number of nitrogens with zero attached hydrogens (tertiary/aromatic N) is 1. The Kier molecular flexibility index (Phi) is 8.60. The highest BCUT2D eigenvalue weighted by atomic mass is 32.3. The van der Waals surface area contributed by atoms with Crippen LogP contribution >= 0.6 is 21.6 Å². The lowest BCUT2D eigenvalue weighted by atomic mass is 10.1. The van der Waals surface area contributed by atoms with Crippen molar-refractivity contribution in [1.82, 2.24) is 9.97 Å². The van der Waals surface area contributed by atoms with Crippen LogP contribution in [0.2, 0.25) is 0 Å². The minimum Gasteiger partial charge on any atom is -0.345 e. The smallest absolute Gasteiger partial charge is 0.345 e. The van der Waals surface area contributed by atoms with Crippen LogP contribution in [0.5, 0.6) is 0 Å². The Balaban J connectivity index is 1.61. The Bertz CT molecular complexity index is 2330. The van der Waals surface area contributed by atoms with Gasteiger partial charge in [0.25, 0.3) is 0 Å². The normalized spacial score (nSPS) is 13.9.